The largest absolute Gasteiger partial charge is 0.333 e. The summed E-state index contributed by atoms with van der Waals surface area (Å²) in [5, 5.41) is 0. The van der Waals surface area contributed by atoms with Crippen LogP contribution in [0.3, 0.4) is 0 Å². The van der Waals surface area contributed by atoms with Gasteiger partial charge in [-0.1, -0.05) is 19.4 Å². The summed E-state index contributed by atoms with van der Waals surface area (Å²) in [4.78, 5) is 17.7. The van der Waals surface area contributed by atoms with Gasteiger partial charge in [0.25, 0.3) is 5.91 Å². The number of likely N-dealkylation sites (tertiary alicyclic amines) is 1. The Labute approximate surface area is 95.5 Å². The van der Waals surface area contributed by atoms with Crippen LogP contribution < -0.4 is 5.73 Å². The summed E-state index contributed by atoms with van der Waals surface area (Å²) >= 11 is 0. The van der Waals surface area contributed by atoms with Crippen LogP contribution in [0.1, 0.15) is 30.3 Å². The van der Waals surface area contributed by atoms with Gasteiger partial charge in [-0.2, -0.15) is 0 Å². The molecule has 0 saturated carbocycles. The van der Waals surface area contributed by atoms with Gasteiger partial charge < -0.3 is 10.6 Å². The van der Waals surface area contributed by atoms with E-state index in [-0.39, 0.29) is 11.4 Å². The van der Waals surface area contributed by atoms with Gasteiger partial charge in [0.2, 0.25) is 0 Å². The van der Waals surface area contributed by atoms with Crippen LogP contribution in [-0.4, -0.2) is 34.4 Å². The third-order valence-electron chi connectivity index (χ3n) is 2.93. The summed E-state index contributed by atoms with van der Waals surface area (Å²) in [6, 6.07) is 5.36. The molecule has 2 rings (SSSR count). The Balaban J connectivity index is 1.96. The average Bonchev–Trinajstić information content (AvgIpc) is 2.26. The minimum absolute atomic E-state index is 0.0159. The molecule has 0 unspecified atom stereocenters. The minimum Gasteiger partial charge on any atom is -0.333 e. The molecule has 2 N–H and O–H groups in total. The van der Waals surface area contributed by atoms with Crippen molar-refractivity contribution >= 4 is 5.91 Å². The number of carbonyl (C=O) groups is 1. The first-order valence-corrected chi connectivity index (χ1v) is 5.64. The van der Waals surface area contributed by atoms with Gasteiger partial charge >= 0.3 is 0 Å². The van der Waals surface area contributed by atoms with Crippen molar-refractivity contribution in [1.29, 1.82) is 0 Å². The highest BCUT2D eigenvalue weighted by atomic mass is 16.2. The molecule has 0 bridgehead atoms. The Bertz CT molecular complexity index is 371. The van der Waals surface area contributed by atoms with Crippen molar-refractivity contribution in [1.82, 2.24) is 9.88 Å². The molecule has 16 heavy (non-hydrogen) atoms. The number of amides is 1. The molecule has 1 aromatic rings. The monoisotopic (exact) mass is 219 g/mol. The number of rotatable bonds is 3. The maximum atomic E-state index is 11.9. The van der Waals surface area contributed by atoms with Crippen molar-refractivity contribution in [3.8, 4) is 0 Å². The van der Waals surface area contributed by atoms with Gasteiger partial charge in [-0.15, -0.1) is 0 Å². The van der Waals surface area contributed by atoms with Crippen molar-refractivity contribution in [2.24, 2.45) is 5.73 Å². The second-order valence-corrected chi connectivity index (χ2v) is 4.49. The SMILES string of the molecule is CCCC1(N)CN(C(=O)c2ccccn2)C1. The van der Waals surface area contributed by atoms with Crippen LogP contribution >= 0.6 is 0 Å². The summed E-state index contributed by atoms with van der Waals surface area (Å²) in [6.45, 7) is 3.41. The smallest absolute Gasteiger partial charge is 0.272 e. The van der Waals surface area contributed by atoms with Crippen molar-refractivity contribution in [3.63, 3.8) is 0 Å². The number of hydrogen-bond donors (Lipinski definition) is 1. The van der Waals surface area contributed by atoms with Crippen molar-refractivity contribution in [3.05, 3.63) is 30.1 Å². The molecule has 1 fully saturated rings. The van der Waals surface area contributed by atoms with Crippen LogP contribution in [0.5, 0.6) is 0 Å². The van der Waals surface area contributed by atoms with Gasteiger partial charge in [0.15, 0.2) is 0 Å². The van der Waals surface area contributed by atoms with Gasteiger partial charge in [0.05, 0.1) is 5.54 Å². The van der Waals surface area contributed by atoms with Gasteiger partial charge in [-0.25, -0.2) is 0 Å². The molecule has 1 amide bonds. The number of carbonyl (C=O) groups excluding carboxylic acids is 1. The highest BCUT2D eigenvalue weighted by Crippen LogP contribution is 2.24. The Kier molecular flexibility index (Phi) is 2.92. The second-order valence-electron chi connectivity index (χ2n) is 4.49. The van der Waals surface area contributed by atoms with Crippen LogP contribution in [0.15, 0.2) is 24.4 Å². The van der Waals surface area contributed by atoms with E-state index in [0.29, 0.717) is 18.8 Å². The molecule has 0 atom stereocenters. The molecular formula is C12H17N3O. The first-order chi connectivity index (χ1) is 7.64. The van der Waals surface area contributed by atoms with Crippen LogP contribution in [0.4, 0.5) is 0 Å². The Morgan fingerprint density at radius 1 is 1.56 bits per heavy atom. The van der Waals surface area contributed by atoms with Gasteiger partial charge in [-0.3, -0.25) is 9.78 Å². The van der Waals surface area contributed by atoms with Crippen molar-refractivity contribution < 1.29 is 4.79 Å². The number of pyridine rings is 1. The molecule has 2 heterocycles. The lowest BCUT2D eigenvalue weighted by Gasteiger charge is -2.47. The Morgan fingerprint density at radius 3 is 2.88 bits per heavy atom. The van der Waals surface area contributed by atoms with Gasteiger partial charge in [-0.05, 0) is 18.6 Å². The van der Waals surface area contributed by atoms with Crippen LogP contribution in [0, 0.1) is 0 Å². The zero-order valence-corrected chi connectivity index (χ0v) is 9.52. The first-order valence-electron chi connectivity index (χ1n) is 5.64. The first kappa shape index (κ1) is 11.1. The third-order valence-corrected chi connectivity index (χ3v) is 2.93. The van der Waals surface area contributed by atoms with E-state index in [2.05, 4.69) is 11.9 Å². The summed E-state index contributed by atoms with van der Waals surface area (Å²) in [5.74, 6) is -0.0159. The van der Waals surface area contributed by atoms with E-state index < -0.39 is 0 Å². The second kappa shape index (κ2) is 4.22. The molecule has 1 aliphatic rings. The standard InChI is InChI=1S/C12H17N3O/c1-2-6-12(13)8-15(9-12)11(16)10-5-3-4-7-14-10/h3-5,7H,2,6,8-9,13H2,1H3. The zero-order chi connectivity index (χ0) is 11.6. The molecule has 1 saturated heterocycles. The molecule has 86 valence electrons. The maximum absolute atomic E-state index is 11.9. The topological polar surface area (TPSA) is 59.2 Å². The van der Waals surface area contributed by atoms with E-state index in [4.69, 9.17) is 5.73 Å². The van der Waals surface area contributed by atoms with Crippen LogP contribution in [0.2, 0.25) is 0 Å². The van der Waals surface area contributed by atoms with E-state index in [1.807, 2.05) is 6.07 Å². The molecule has 0 aromatic carbocycles. The lowest BCUT2D eigenvalue weighted by atomic mass is 9.86. The Hall–Kier alpha value is -1.42. The van der Waals surface area contributed by atoms with Crippen molar-refractivity contribution in [2.45, 2.75) is 25.3 Å². The normalized spacial score (nSPS) is 18.0. The number of nitrogens with two attached hydrogens (primary N) is 1. The summed E-state index contributed by atoms with van der Waals surface area (Å²) in [6.07, 6.45) is 3.66. The molecule has 1 aliphatic heterocycles. The van der Waals surface area contributed by atoms with Crippen LogP contribution in [0.25, 0.3) is 0 Å². The predicted octanol–water partition coefficient (Wildman–Crippen LogP) is 1.03. The molecule has 0 radical (unpaired) electrons. The van der Waals surface area contributed by atoms with E-state index in [0.717, 1.165) is 12.8 Å². The quantitative estimate of drug-likeness (QED) is 0.826. The van der Waals surface area contributed by atoms with E-state index >= 15 is 0 Å². The lowest BCUT2D eigenvalue weighted by Crippen LogP contribution is -2.68. The summed E-state index contributed by atoms with van der Waals surface area (Å²) in [7, 11) is 0. The van der Waals surface area contributed by atoms with E-state index in [1.54, 1.807) is 23.2 Å². The molecule has 1 aromatic heterocycles. The Morgan fingerprint density at radius 2 is 2.31 bits per heavy atom. The fourth-order valence-electron chi connectivity index (χ4n) is 2.16. The van der Waals surface area contributed by atoms with Gasteiger partial charge in [0.1, 0.15) is 5.69 Å². The number of aromatic nitrogens is 1. The summed E-state index contributed by atoms with van der Waals surface area (Å²) < 4.78 is 0. The van der Waals surface area contributed by atoms with Gasteiger partial charge in [0, 0.05) is 19.3 Å². The maximum Gasteiger partial charge on any atom is 0.272 e. The lowest BCUT2D eigenvalue weighted by molar-refractivity contribution is 0.0381. The molecule has 4 heteroatoms. The van der Waals surface area contributed by atoms with Crippen molar-refractivity contribution in [2.75, 3.05) is 13.1 Å². The minimum atomic E-state index is -0.167. The highest BCUT2D eigenvalue weighted by Gasteiger charge is 2.41. The fourth-order valence-corrected chi connectivity index (χ4v) is 2.16. The third kappa shape index (κ3) is 2.07. The highest BCUT2D eigenvalue weighted by molar-refractivity contribution is 5.93. The predicted molar refractivity (Wildman–Crippen MR) is 62.0 cm³/mol. The molecule has 0 spiro atoms. The number of hydrogen-bond acceptors (Lipinski definition) is 3. The van der Waals surface area contributed by atoms with Crippen LogP contribution in [-0.2, 0) is 0 Å². The zero-order valence-electron chi connectivity index (χ0n) is 9.52. The van der Waals surface area contributed by atoms with E-state index in [1.165, 1.54) is 0 Å². The number of nitrogens with zero attached hydrogens (tertiary/aromatic N) is 2. The average molecular weight is 219 g/mol. The van der Waals surface area contributed by atoms with E-state index in [9.17, 15) is 4.79 Å². The fraction of sp³-hybridized carbons (Fsp3) is 0.500. The molecule has 4 nitrogen and oxygen atoms in total. The summed E-state index contributed by atoms with van der Waals surface area (Å²) in [5.41, 5.74) is 6.44. The molecular weight excluding hydrogens is 202 g/mol. The molecule has 0 aliphatic carbocycles.